The molecule has 0 saturated heterocycles. The maximum Gasteiger partial charge on any atom is 0.234 e. The fraction of sp³-hybridized carbons (Fsp3) is 0.105. The third-order valence-electron chi connectivity index (χ3n) is 3.58. The van der Waals surface area contributed by atoms with Gasteiger partial charge in [0.15, 0.2) is 5.16 Å². The van der Waals surface area contributed by atoms with Gasteiger partial charge in [-0.1, -0.05) is 29.4 Å². The fourth-order valence-corrected chi connectivity index (χ4v) is 3.04. The Hall–Kier alpha value is -2.44. The minimum absolute atomic E-state index is 0.166. The number of rotatable bonds is 5. The van der Waals surface area contributed by atoms with E-state index in [9.17, 15) is 9.18 Å². The minimum Gasteiger partial charge on any atom is -0.325 e. The molecule has 0 aliphatic carbocycles. The number of carbonyl (C=O) groups is 1. The molecular formula is C19H15ClFN3OS. The van der Waals surface area contributed by atoms with Crippen LogP contribution < -0.4 is 5.32 Å². The van der Waals surface area contributed by atoms with Crippen molar-refractivity contribution < 1.29 is 9.18 Å². The molecule has 1 N–H and O–H groups in total. The van der Waals surface area contributed by atoms with Crippen LogP contribution in [0.25, 0.3) is 11.3 Å². The van der Waals surface area contributed by atoms with Crippen LogP contribution in [0.15, 0.2) is 59.9 Å². The number of aryl methyl sites for hydroxylation is 1. The number of benzene rings is 2. The summed E-state index contributed by atoms with van der Waals surface area (Å²) in [6.07, 6.45) is 1.62. The second kappa shape index (κ2) is 8.29. The van der Waals surface area contributed by atoms with Crippen molar-refractivity contribution in [2.75, 3.05) is 11.1 Å². The van der Waals surface area contributed by atoms with Crippen LogP contribution in [0.5, 0.6) is 0 Å². The minimum atomic E-state index is -0.301. The molecule has 0 atom stereocenters. The number of halogens is 2. The SMILES string of the molecule is Cc1ccc(Cl)cc1NC(=O)CSc1nccc(-c2ccc(F)cc2)n1. The number of aromatic nitrogens is 2. The first kappa shape index (κ1) is 18.4. The van der Waals surface area contributed by atoms with Crippen LogP contribution in [-0.4, -0.2) is 21.6 Å². The summed E-state index contributed by atoms with van der Waals surface area (Å²) in [7, 11) is 0. The van der Waals surface area contributed by atoms with Gasteiger partial charge in [0, 0.05) is 22.5 Å². The molecule has 3 rings (SSSR count). The average molecular weight is 388 g/mol. The summed E-state index contributed by atoms with van der Waals surface area (Å²) in [5.74, 6) is -0.305. The summed E-state index contributed by atoms with van der Waals surface area (Å²) in [6, 6.07) is 13.1. The predicted octanol–water partition coefficient (Wildman–Crippen LogP) is 4.98. The highest BCUT2D eigenvalue weighted by Crippen LogP contribution is 2.22. The summed E-state index contributed by atoms with van der Waals surface area (Å²) < 4.78 is 13.0. The van der Waals surface area contributed by atoms with E-state index in [1.807, 2.05) is 13.0 Å². The van der Waals surface area contributed by atoms with E-state index in [0.29, 0.717) is 21.6 Å². The third kappa shape index (κ3) is 4.80. The Balaban J connectivity index is 1.64. The van der Waals surface area contributed by atoms with Gasteiger partial charge in [-0.25, -0.2) is 14.4 Å². The number of nitrogens with one attached hydrogen (secondary N) is 1. The van der Waals surface area contributed by atoms with Gasteiger partial charge in [0.05, 0.1) is 11.4 Å². The van der Waals surface area contributed by atoms with E-state index >= 15 is 0 Å². The molecule has 0 saturated carbocycles. The molecule has 1 amide bonds. The van der Waals surface area contributed by atoms with Gasteiger partial charge < -0.3 is 5.32 Å². The Labute approximate surface area is 159 Å². The van der Waals surface area contributed by atoms with Crippen LogP contribution in [0.1, 0.15) is 5.56 Å². The van der Waals surface area contributed by atoms with Gasteiger partial charge in [-0.15, -0.1) is 0 Å². The highest BCUT2D eigenvalue weighted by molar-refractivity contribution is 7.99. The zero-order valence-corrected chi connectivity index (χ0v) is 15.4. The lowest BCUT2D eigenvalue weighted by molar-refractivity contribution is -0.113. The van der Waals surface area contributed by atoms with Crippen LogP contribution in [0.3, 0.4) is 0 Å². The van der Waals surface area contributed by atoms with E-state index < -0.39 is 0 Å². The first-order valence-electron chi connectivity index (χ1n) is 7.79. The second-order valence-corrected chi connectivity index (χ2v) is 6.91. The highest BCUT2D eigenvalue weighted by Gasteiger charge is 2.09. The van der Waals surface area contributed by atoms with Crippen molar-refractivity contribution in [1.29, 1.82) is 0 Å². The monoisotopic (exact) mass is 387 g/mol. The third-order valence-corrected chi connectivity index (χ3v) is 4.68. The maximum absolute atomic E-state index is 13.0. The standard InChI is InChI=1S/C19H15ClFN3OS/c1-12-2-5-14(20)10-17(12)23-18(25)11-26-19-22-9-8-16(24-19)13-3-6-15(21)7-4-13/h2-10H,11H2,1H3,(H,23,25). The molecule has 2 aromatic carbocycles. The van der Waals surface area contributed by atoms with Crippen molar-refractivity contribution in [2.24, 2.45) is 0 Å². The number of nitrogens with zero attached hydrogens (tertiary/aromatic N) is 2. The second-order valence-electron chi connectivity index (χ2n) is 5.53. The maximum atomic E-state index is 13.0. The van der Waals surface area contributed by atoms with Crippen molar-refractivity contribution in [1.82, 2.24) is 9.97 Å². The van der Waals surface area contributed by atoms with Gasteiger partial charge in [0.1, 0.15) is 5.82 Å². The lowest BCUT2D eigenvalue weighted by Crippen LogP contribution is -2.15. The molecule has 0 fully saturated rings. The number of amides is 1. The van der Waals surface area contributed by atoms with Crippen LogP contribution in [0.4, 0.5) is 10.1 Å². The smallest absolute Gasteiger partial charge is 0.234 e. The average Bonchev–Trinajstić information content (AvgIpc) is 2.64. The molecule has 0 aliphatic heterocycles. The number of anilines is 1. The largest absolute Gasteiger partial charge is 0.325 e. The zero-order valence-electron chi connectivity index (χ0n) is 13.9. The van der Waals surface area contributed by atoms with Crippen molar-refractivity contribution in [3.05, 3.63) is 71.1 Å². The molecule has 132 valence electrons. The van der Waals surface area contributed by atoms with Crippen molar-refractivity contribution in [2.45, 2.75) is 12.1 Å². The number of carbonyl (C=O) groups excluding carboxylic acids is 1. The van der Waals surface area contributed by atoms with E-state index in [1.54, 1.807) is 36.5 Å². The predicted molar refractivity (Wildman–Crippen MR) is 103 cm³/mol. The summed E-state index contributed by atoms with van der Waals surface area (Å²) in [5, 5.41) is 3.87. The molecule has 3 aromatic rings. The molecular weight excluding hydrogens is 373 g/mol. The van der Waals surface area contributed by atoms with Crippen molar-refractivity contribution in [3.63, 3.8) is 0 Å². The summed E-state index contributed by atoms with van der Waals surface area (Å²) in [6.45, 7) is 1.90. The Morgan fingerprint density at radius 3 is 2.73 bits per heavy atom. The van der Waals surface area contributed by atoms with Gasteiger partial charge in [0.2, 0.25) is 5.91 Å². The van der Waals surface area contributed by atoms with Gasteiger partial charge in [0.25, 0.3) is 0 Å². The van der Waals surface area contributed by atoms with Crippen LogP contribution >= 0.6 is 23.4 Å². The lowest BCUT2D eigenvalue weighted by atomic mass is 10.1. The molecule has 26 heavy (non-hydrogen) atoms. The molecule has 0 radical (unpaired) electrons. The Bertz CT molecular complexity index is 934. The molecule has 0 unspecified atom stereocenters. The van der Waals surface area contributed by atoms with Crippen molar-refractivity contribution >= 4 is 35.0 Å². The topological polar surface area (TPSA) is 54.9 Å². The Morgan fingerprint density at radius 2 is 1.96 bits per heavy atom. The quantitative estimate of drug-likeness (QED) is 0.495. The first-order chi connectivity index (χ1) is 12.5. The normalized spacial score (nSPS) is 10.6. The molecule has 7 heteroatoms. The first-order valence-corrected chi connectivity index (χ1v) is 9.15. The number of thioether (sulfide) groups is 1. The molecule has 0 aliphatic rings. The number of hydrogen-bond donors (Lipinski definition) is 1. The van der Waals surface area contributed by atoms with E-state index in [-0.39, 0.29) is 17.5 Å². The summed E-state index contributed by atoms with van der Waals surface area (Å²) in [5.41, 5.74) is 3.08. The van der Waals surface area contributed by atoms with E-state index in [2.05, 4.69) is 15.3 Å². The molecule has 1 aromatic heterocycles. The molecule has 1 heterocycles. The fourth-order valence-electron chi connectivity index (χ4n) is 2.24. The van der Waals surface area contributed by atoms with E-state index in [4.69, 9.17) is 11.6 Å². The molecule has 0 spiro atoms. The van der Waals surface area contributed by atoms with Crippen LogP contribution in [-0.2, 0) is 4.79 Å². The molecule has 4 nitrogen and oxygen atoms in total. The van der Waals surface area contributed by atoms with Gasteiger partial charge in [-0.3, -0.25) is 4.79 Å². The van der Waals surface area contributed by atoms with Crippen LogP contribution in [0.2, 0.25) is 5.02 Å². The van der Waals surface area contributed by atoms with E-state index in [1.165, 1.54) is 23.9 Å². The van der Waals surface area contributed by atoms with Gasteiger partial charge >= 0.3 is 0 Å². The highest BCUT2D eigenvalue weighted by atomic mass is 35.5. The molecule has 0 bridgehead atoms. The zero-order chi connectivity index (χ0) is 18.5. The van der Waals surface area contributed by atoms with Crippen LogP contribution in [0, 0.1) is 12.7 Å². The Kier molecular flexibility index (Phi) is 5.85. The van der Waals surface area contributed by atoms with Gasteiger partial charge in [-0.2, -0.15) is 0 Å². The Morgan fingerprint density at radius 1 is 1.19 bits per heavy atom. The van der Waals surface area contributed by atoms with E-state index in [0.717, 1.165) is 11.1 Å². The van der Waals surface area contributed by atoms with Crippen molar-refractivity contribution in [3.8, 4) is 11.3 Å². The lowest BCUT2D eigenvalue weighted by Gasteiger charge is -2.08. The number of hydrogen-bond acceptors (Lipinski definition) is 4. The summed E-state index contributed by atoms with van der Waals surface area (Å²) >= 11 is 7.19. The van der Waals surface area contributed by atoms with Gasteiger partial charge in [-0.05, 0) is 55.0 Å². The summed E-state index contributed by atoms with van der Waals surface area (Å²) in [4.78, 5) is 20.8.